The molecule has 0 radical (unpaired) electrons. The highest BCUT2D eigenvalue weighted by Gasteiger charge is 2.48. The van der Waals surface area contributed by atoms with Gasteiger partial charge in [0, 0.05) is 25.1 Å². The number of piperidine rings is 1. The van der Waals surface area contributed by atoms with Crippen molar-refractivity contribution in [3.05, 3.63) is 71.3 Å². The van der Waals surface area contributed by atoms with Crippen molar-refractivity contribution in [1.29, 1.82) is 0 Å². The van der Waals surface area contributed by atoms with Crippen LogP contribution in [0.5, 0.6) is 0 Å². The number of carboxylic acid groups (broad SMARTS) is 1. The van der Waals surface area contributed by atoms with Crippen LogP contribution in [-0.2, 0) is 17.8 Å². The van der Waals surface area contributed by atoms with Gasteiger partial charge in [-0.3, -0.25) is 9.69 Å². The van der Waals surface area contributed by atoms with E-state index in [4.69, 9.17) is 5.11 Å². The van der Waals surface area contributed by atoms with E-state index in [9.17, 15) is 15.0 Å². The summed E-state index contributed by atoms with van der Waals surface area (Å²) in [6, 6.07) is 17.4. The number of β-amino-alcohol motifs (C(OH)–C–C–N with tert-alkyl or cyclic N) is 1. The third-order valence-electron chi connectivity index (χ3n) is 5.56. The predicted octanol–water partition coefficient (Wildman–Crippen LogP) is 2.30. The van der Waals surface area contributed by atoms with Crippen molar-refractivity contribution in [1.82, 2.24) is 4.90 Å². The lowest BCUT2D eigenvalue weighted by Crippen LogP contribution is -2.55. The molecule has 29 heavy (non-hydrogen) atoms. The molecule has 2 aromatic carbocycles. The molecule has 0 bridgehead atoms. The quantitative estimate of drug-likeness (QED) is 0.656. The van der Waals surface area contributed by atoms with Crippen LogP contribution in [0.3, 0.4) is 0 Å². The molecule has 2 atom stereocenters. The molecule has 1 heterocycles. The molecule has 0 spiro atoms. The van der Waals surface area contributed by atoms with Gasteiger partial charge in [-0.2, -0.15) is 0 Å². The van der Waals surface area contributed by atoms with Crippen molar-refractivity contribution in [3.63, 3.8) is 0 Å². The smallest absolute Gasteiger partial charge is 0.312 e. The Morgan fingerprint density at radius 3 is 2.45 bits per heavy atom. The Kier molecular flexibility index (Phi) is 7.05. The summed E-state index contributed by atoms with van der Waals surface area (Å²) in [5, 5.41) is 29.5. The third-order valence-corrected chi connectivity index (χ3v) is 5.56. The highest BCUT2D eigenvalue weighted by Crippen LogP contribution is 2.36. The molecule has 0 aliphatic carbocycles. The lowest BCUT2D eigenvalue weighted by molar-refractivity contribution is -0.163. The fourth-order valence-corrected chi connectivity index (χ4v) is 3.84. The lowest BCUT2D eigenvalue weighted by Gasteiger charge is -2.43. The van der Waals surface area contributed by atoms with Crippen molar-refractivity contribution < 1.29 is 20.1 Å². The van der Waals surface area contributed by atoms with Crippen molar-refractivity contribution >= 4 is 5.97 Å². The summed E-state index contributed by atoms with van der Waals surface area (Å²) in [5.41, 5.74) is 1.77. The SMILES string of the molecule is O=C(O)[C@@]1(Cc2ccccc2)CCN(Cc2ccc(C#CCCO)cc2)C[C@H]1O. The van der Waals surface area contributed by atoms with E-state index in [0.29, 0.717) is 38.9 Å². The van der Waals surface area contributed by atoms with Gasteiger partial charge in [0.25, 0.3) is 0 Å². The van der Waals surface area contributed by atoms with E-state index in [2.05, 4.69) is 16.7 Å². The van der Waals surface area contributed by atoms with Gasteiger partial charge >= 0.3 is 5.97 Å². The van der Waals surface area contributed by atoms with Crippen LogP contribution in [0.25, 0.3) is 0 Å². The van der Waals surface area contributed by atoms with E-state index in [0.717, 1.165) is 16.7 Å². The fraction of sp³-hybridized carbons (Fsp3) is 0.375. The zero-order valence-corrected chi connectivity index (χ0v) is 16.4. The standard InChI is InChI=1S/C24H27NO4/c26-15-5-4-6-19-9-11-21(12-10-19)17-25-14-13-24(23(28)29,22(27)18-25)16-20-7-2-1-3-8-20/h1-3,7-12,22,26-27H,5,13-18H2,(H,28,29)/t22-,24-/m1/s1. The number of carboxylic acids is 1. The van der Waals surface area contributed by atoms with E-state index in [-0.39, 0.29) is 6.61 Å². The first-order valence-corrected chi connectivity index (χ1v) is 9.90. The van der Waals surface area contributed by atoms with Gasteiger partial charge in [-0.05, 0) is 42.6 Å². The number of aliphatic hydroxyl groups is 2. The van der Waals surface area contributed by atoms with Crippen LogP contribution < -0.4 is 0 Å². The van der Waals surface area contributed by atoms with Gasteiger partial charge < -0.3 is 15.3 Å². The van der Waals surface area contributed by atoms with Gasteiger partial charge in [-0.25, -0.2) is 0 Å². The van der Waals surface area contributed by atoms with E-state index in [1.54, 1.807) is 0 Å². The minimum absolute atomic E-state index is 0.0600. The maximum absolute atomic E-state index is 12.1. The van der Waals surface area contributed by atoms with Crippen LogP contribution in [-0.4, -0.2) is 52.0 Å². The Hall–Kier alpha value is -2.65. The Balaban J connectivity index is 1.64. The van der Waals surface area contributed by atoms with Crippen molar-refractivity contribution in [2.45, 2.75) is 31.9 Å². The second-order valence-corrected chi connectivity index (χ2v) is 7.60. The highest BCUT2D eigenvalue weighted by atomic mass is 16.4. The number of aliphatic hydroxyl groups excluding tert-OH is 2. The van der Waals surface area contributed by atoms with E-state index >= 15 is 0 Å². The maximum Gasteiger partial charge on any atom is 0.312 e. The monoisotopic (exact) mass is 393 g/mol. The minimum atomic E-state index is -1.15. The third kappa shape index (κ3) is 5.24. The molecule has 3 rings (SSSR count). The summed E-state index contributed by atoms with van der Waals surface area (Å²) in [7, 11) is 0. The normalized spacial score (nSPS) is 21.9. The molecular weight excluding hydrogens is 366 g/mol. The lowest BCUT2D eigenvalue weighted by atomic mass is 9.71. The molecule has 0 unspecified atom stereocenters. The zero-order chi connectivity index (χ0) is 20.7. The molecule has 152 valence electrons. The Morgan fingerprint density at radius 1 is 1.10 bits per heavy atom. The Bertz CT molecular complexity index is 869. The summed E-state index contributed by atoms with van der Waals surface area (Å²) in [6.07, 6.45) is 0.266. The van der Waals surface area contributed by atoms with E-state index in [1.165, 1.54) is 0 Å². The first-order chi connectivity index (χ1) is 14.0. The van der Waals surface area contributed by atoms with Gasteiger partial charge in [0.15, 0.2) is 0 Å². The van der Waals surface area contributed by atoms with Crippen LogP contribution in [0.2, 0.25) is 0 Å². The molecule has 5 heteroatoms. The number of benzene rings is 2. The molecule has 0 amide bonds. The number of aliphatic carboxylic acids is 1. The van der Waals surface area contributed by atoms with Crippen LogP contribution in [0.15, 0.2) is 54.6 Å². The molecule has 1 fully saturated rings. The number of nitrogens with zero attached hydrogens (tertiary/aromatic N) is 1. The highest BCUT2D eigenvalue weighted by molar-refractivity contribution is 5.76. The maximum atomic E-state index is 12.1. The van der Waals surface area contributed by atoms with Gasteiger partial charge in [0.2, 0.25) is 0 Å². The van der Waals surface area contributed by atoms with Gasteiger partial charge in [-0.1, -0.05) is 54.3 Å². The minimum Gasteiger partial charge on any atom is -0.481 e. The van der Waals surface area contributed by atoms with Crippen LogP contribution in [0.4, 0.5) is 0 Å². The number of rotatable bonds is 6. The molecular formula is C24H27NO4. The van der Waals surface area contributed by atoms with Crippen LogP contribution in [0, 0.1) is 17.3 Å². The molecule has 2 aromatic rings. The second-order valence-electron chi connectivity index (χ2n) is 7.60. The molecule has 3 N–H and O–H groups in total. The summed E-state index contributed by atoms with van der Waals surface area (Å²) in [4.78, 5) is 14.2. The number of hydrogen-bond acceptors (Lipinski definition) is 4. The summed E-state index contributed by atoms with van der Waals surface area (Å²) in [6.45, 7) is 1.67. The summed E-state index contributed by atoms with van der Waals surface area (Å²) >= 11 is 0. The van der Waals surface area contributed by atoms with Gasteiger partial charge in [0.1, 0.15) is 5.41 Å². The van der Waals surface area contributed by atoms with E-state index < -0.39 is 17.5 Å². The number of hydrogen-bond donors (Lipinski definition) is 3. The Morgan fingerprint density at radius 2 is 1.83 bits per heavy atom. The van der Waals surface area contributed by atoms with Gasteiger partial charge in [-0.15, -0.1) is 0 Å². The number of carbonyl (C=O) groups is 1. The average molecular weight is 393 g/mol. The van der Waals surface area contributed by atoms with Crippen molar-refractivity contribution in [3.8, 4) is 11.8 Å². The van der Waals surface area contributed by atoms with Crippen LogP contribution >= 0.6 is 0 Å². The molecule has 1 saturated heterocycles. The Labute approximate surface area is 171 Å². The first-order valence-electron chi connectivity index (χ1n) is 9.90. The average Bonchev–Trinajstić information content (AvgIpc) is 2.72. The van der Waals surface area contributed by atoms with Crippen molar-refractivity contribution in [2.75, 3.05) is 19.7 Å². The molecule has 1 aliphatic rings. The first kappa shape index (κ1) is 21.1. The molecule has 0 saturated carbocycles. The number of likely N-dealkylation sites (tertiary alicyclic amines) is 1. The molecule has 1 aliphatic heterocycles. The molecule has 5 nitrogen and oxygen atoms in total. The fourth-order valence-electron chi connectivity index (χ4n) is 3.84. The topological polar surface area (TPSA) is 81.0 Å². The molecule has 0 aromatic heterocycles. The van der Waals surface area contributed by atoms with Crippen LogP contribution in [0.1, 0.15) is 29.5 Å². The van der Waals surface area contributed by atoms with Crippen molar-refractivity contribution in [2.24, 2.45) is 5.41 Å². The van der Waals surface area contributed by atoms with E-state index in [1.807, 2.05) is 54.6 Å². The summed E-state index contributed by atoms with van der Waals surface area (Å²) in [5.74, 6) is 4.97. The van der Waals surface area contributed by atoms with Gasteiger partial charge in [0.05, 0.1) is 12.7 Å². The zero-order valence-electron chi connectivity index (χ0n) is 16.4. The predicted molar refractivity (Wildman–Crippen MR) is 111 cm³/mol. The second kappa shape index (κ2) is 9.71. The largest absolute Gasteiger partial charge is 0.481 e. The summed E-state index contributed by atoms with van der Waals surface area (Å²) < 4.78 is 0.